The van der Waals surface area contributed by atoms with E-state index in [4.69, 9.17) is 4.98 Å². The van der Waals surface area contributed by atoms with Crippen molar-refractivity contribution < 1.29 is 0 Å². The zero-order valence-corrected chi connectivity index (χ0v) is 22.4. The molecule has 40 heavy (non-hydrogen) atoms. The Morgan fingerprint density at radius 2 is 1.30 bits per heavy atom. The van der Waals surface area contributed by atoms with Crippen LogP contribution in [-0.4, -0.2) is 9.38 Å². The molecule has 9 rings (SSSR count). The summed E-state index contributed by atoms with van der Waals surface area (Å²) in [6.45, 7) is 4.70. The second-order valence-corrected chi connectivity index (χ2v) is 11.6. The van der Waals surface area contributed by atoms with E-state index in [0.29, 0.717) is 0 Å². The summed E-state index contributed by atoms with van der Waals surface area (Å²) in [5.74, 6) is 0. The maximum absolute atomic E-state index is 5.12. The summed E-state index contributed by atoms with van der Waals surface area (Å²) in [4.78, 5) is 5.12. The van der Waals surface area contributed by atoms with Gasteiger partial charge in [0.05, 0.1) is 16.6 Å². The highest BCUT2D eigenvalue weighted by Gasteiger charge is 2.35. The van der Waals surface area contributed by atoms with Crippen LogP contribution in [0.4, 0.5) is 0 Å². The molecule has 0 atom stereocenters. The van der Waals surface area contributed by atoms with Crippen LogP contribution in [0, 0.1) is 0 Å². The molecule has 1 aliphatic carbocycles. The van der Waals surface area contributed by atoms with Crippen molar-refractivity contribution >= 4 is 49.1 Å². The fourth-order valence-corrected chi connectivity index (χ4v) is 7.19. The van der Waals surface area contributed by atoms with E-state index in [-0.39, 0.29) is 5.41 Å². The molecular formula is C38H26N2. The molecule has 0 amide bonds. The lowest BCUT2D eigenvalue weighted by Gasteiger charge is -2.22. The van der Waals surface area contributed by atoms with Gasteiger partial charge in [-0.2, -0.15) is 0 Å². The average molecular weight is 511 g/mol. The molecule has 0 N–H and O–H groups in total. The minimum atomic E-state index is -0.0242. The van der Waals surface area contributed by atoms with Gasteiger partial charge in [-0.15, -0.1) is 0 Å². The lowest BCUT2D eigenvalue weighted by molar-refractivity contribution is 0.660. The van der Waals surface area contributed by atoms with Crippen LogP contribution in [0.1, 0.15) is 25.0 Å². The van der Waals surface area contributed by atoms with E-state index in [1.165, 1.54) is 65.8 Å². The number of nitrogens with zero attached hydrogens (tertiary/aromatic N) is 2. The zero-order chi connectivity index (χ0) is 26.6. The normalized spacial score (nSPS) is 13.9. The average Bonchev–Trinajstić information content (AvgIpc) is 3.50. The van der Waals surface area contributed by atoms with E-state index in [1.807, 2.05) is 0 Å². The highest BCUT2D eigenvalue weighted by Crippen LogP contribution is 2.49. The predicted molar refractivity (Wildman–Crippen MR) is 168 cm³/mol. The van der Waals surface area contributed by atoms with Crippen LogP contribution in [0.2, 0.25) is 0 Å². The van der Waals surface area contributed by atoms with Crippen LogP contribution in [0.25, 0.3) is 71.4 Å². The summed E-state index contributed by atoms with van der Waals surface area (Å²) in [6, 6.07) is 44.5. The van der Waals surface area contributed by atoms with E-state index < -0.39 is 0 Å². The maximum Gasteiger partial charge on any atom is 0.146 e. The van der Waals surface area contributed by atoms with Crippen LogP contribution in [0.5, 0.6) is 0 Å². The van der Waals surface area contributed by atoms with E-state index in [0.717, 1.165) is 16.7 Å². The second kappa shape index (κ2) is 7.58. The first-order chi connectivity index (χ1) is 19.6. The Morgan fingerprint density at radius 3 is 2.25 bits per heavy atom. The molecule has 0 radical (unpaired) electrons. The molecule has 1 aliphatic rings. The number of hydrogen-bond acceptors (Lipinski definition) is 1. The maximum atomic E-state index is 5.12. The van der Waals surface area contributed by atoms with Gasteiger partial charge in [0.25, 0.3) is 0 Å². The van der Waals surface area contributed by atoms with E-state index >= 15 is 0 Å². The molecule has 0 spiro atoms. The van der Waals surface area contributed by atoms with Crippen LogP contribution in [-0.2, 0) is 5.41 Å². The van der Waals surface area contributed by atoms with Crippen molar-refractivity contribution in [1.82, 2.24) is 9.38 Å². The first-order valence-electron chi connectivity index (χ1n) is 14.0. The van der Waals surface area contributed by atoms with E-state index in [1.54, 1.807) is 0 Å². The van der Waals surface area contributed by atoms with Gasteiger partial charge in [0.15, 0.2) is 0 Å². The molecule has 188 valence electrons. The zero-order valence-electron chi connectivity index (χ0n) is 22.4. The minimum Gasteiger partial charge on any atom is -0.292 e. The third-order valence-corrected chi connectivity index (χ3v) is 9.15. The topological polar surface area (TPSA) is 17.3 Å². The third-order valence-electron chi connectivity index (χ3n) is 9.15. The second-order valence-electron chi connectivity index (χ2n) is 11.6. The Kier molecular flexibility index (Phi) is 4.15. The van der Waals surface area contributed by atoms with Gasteiger partial charge in [0.1, 0.15) is 5.65 Å². The van der Waals surface area contributed by atoms with Crippen molar-refractivity contribution in [3.63, 3.8) is 0 Å². The first-order valence-corrected chi connectivity index (χ1v) is 14.0. The molecule has 0 bridgehead atoms. The number of hydrogen-bond donors (Lipinski definition) is 0. The molecule has 0 fully saturated rings. The van der Waals surface area contributed by atoms with Crippen LogP contribution in [0.15, 0.2) is 121 Å². The Hall–Kier alpha value is -4.95. The summed E-state index contributed by atoms with van der Waals surface area (Å²) in [7, 11) is 0. The van der Waals surface area contributed by atoms with E-state index in [9.17, 15) is 0 Å². The minimum absolute atomic E-state index is 0.0242. The largest absolute Gasteiger partial charge is 0.292 e. The highest BCUT2D eigenvalue weighted by molar-refractivity contribution is 6.24. The number of aromatic nitrogens is 2. The Labute approximate surface area is 232 Å². The monoisotopic (exact) mass is 510 g/mol. The summed E-state index contributed by atoms with van der Waals surface area (Å²) in [6.07, 6.45) is 0. The lowest BCUT2D eigenvalue weighted by atomic mass is 9.81. The van der Waals surface area contributed by atoms with Gasteiger partial charge in [0, 0.05) is 21.6 Å². The molecule has 2 heteroatoms. The smallest absolute Gasteiger partial charge is 0.146 e. The summed E-state index contributed by atoms with van der Waals surface area (Å²) in [5.41, 5.74) is 12.4. The van der Waals surface area contributed by atoms with Crippen molar-refractivity contribution in [2.24, 2.45) is 0 Å². The highest BCUT2D eigenvalue weighted by atomic mass is 15.0. The Morgan fingerprint density at radius 1 is 0.550 bits per heavy atom. The number of para-hydroxylation sites is 2. The van der Waals surface area contributed by atoms with Gasteiger partial charge in [-0.3, -0.25) is 4.40 Å². The molecule has 2 aromatic heterocycles. The third kappa shape index (κ3) is 2.75. The van der Waals surface area contributed by atoms with E-state index in [2.05, 4.69) is 140 Å². The fourth-order valence-electron chi connectivity index (χ4n) is 7.19. The SMILES string of the molecule is CC1(C)c2ccccc2-c2ccc(-c3ccc4c(c3)c3c5ccccc5ccc3c3nc5ccccc5n43)cc21. The van der Waals surface area contributed by atoms with Crippen molar-refractivity contribution in [1.29, 1.82) is 0 Å². The van der Waals surface area contributed by atoms with Crippen molar-refractivity contribution in [2.45, 2.75) is 19.3 Å². The lowest BCUT2D eigenvalue weighted by Crippen LogP contribution is -2.14. The molecule has 0 unspecified atom stereocenters. The van der Waals surface area contributed by atoms with Gasteiger partial charge >= 0.3 is 0 Å². The van der Waals surface area contributed by atoms with Gasteiger partial charge < -0.3 is 0 Å². The number of imidazole rings is 1. The summed E-state index contributed by atoms with van der Waals surface area (Å²) < 4.78 is 2.34. The van der Waals surface area contributed by atoms with Crippen LogP contribution in [0.3, 0.4) is 0 Å². The standard InChI is InChI=1S/C38H26N2/c1-38(2)31-12-6-5-11-27(31)28-18-16-25(22-32(28)38)24-17-20-34-30(21-24)36-26-10-4-3-9-23(26)15-19-29(36)37-39-33-13-7-8-14-35(33)40(34)37/h3-22H,1-2H3. The molecule has 2 nitrogen and oxygen atoms in total. The molecular weight excluding hydrogens is 484 g/mol. The van der Waals surface area contributed by atoms with Gasteiger partial charge in [-0.1, -0.05) is 98.8 Å². The molecule has 8 aromatic rings. The fraction of sp³-hybridized carbons (Fsp3) is 0.0789. The van der Waals surface area contributed by atoms with Crippen LogP contribution >= 0.6 is 0 Å². The number of rotatable bonds is 1. The van der Waals surface area contributed by atoms with Gasteiger partial charge in [-0.05, 0) is 80.6 Å². The number of benzene rings is 6. The van der Waals surface area contributed by atoms with Crippen molar-refractivity contribution in [3.05, 3.63) is 132 Å². The van der Waals surface area contributed by atoms with Crippen LogP contribution < -0.4 is 0 Å². The molecule has 6 aromatic carbocycles. The molecule has 2 heterocycles. The molecule has 0 aliphatic heterocycles. The summed E-state index contributed by atoms with van der Waals surface area (Å²) >= 11 is 0. The van der Waals surface area contributed by atoms with Crippen molar-refractivity contribution in [2.75, 3.05) is 0 Å². The Balaban J connectivity index is 1.38. The quantitative estimate of drug-likeness (QED) is 0.201. The first kappa shape index (κ1) is 21.9. The molecule has 0 saturated carbocycles. The number of pyridine rings is 1. The number of fused-ring (bicyclic) bond motifs is 13. The Bertz CT molecular complexity index is 2350. The molecule has 0 saturated heterocycles. The summed E-state index contributed by atoms with van der Waals surface area (Å²) in [5, 5.41) is 6.22. The van der Waals surface area contributed by atoms with Gasteiger partial charge in [0.2, 0.25) is 0 Å². The predicted octanol–water partition coefficient (Wildman–Crippen LogP) is 9.92. The van der Waals surface area contributed by atoms with Gasteiger partial charge in [-0.25, -0.2) is 4.98 Å². The van der Waals surface area contributed by atoms with Crippen molar-refractivity contribution in [3.8, 4) is 22.3 Å².